The van der Waals surface area contributed by atoms with Gasteiger partial charge < -0.3 is 16.0 Å². The molecule has 2 aromatic rings. The lowest BCUT2D eigenvalue weighted by Crippen LogP contribution is -2.41. The number of benzene rings is 1. The minimum atomic E-state index is -0.225. The fourth-order valence-electron chi connectivity index (χ4n) is 2.30. The van der Waals surface area contributed by atoms with Crippen molar-refractivity contribution < 1.29 is 4.39 Å². The van der Waals surface area contributed by atoms with Crippen molar-refractivity contribution in [3.63, 3.8) is 0 Å². The maximum atomic E-state index is 12.9. The van der Waals surface area contributed by atoms with Crippen molar-refractivity contribution in [2.75, 3.05) is 16.8 Å². The highest BCUT2D eigenvalue weighted by atomic mass is 19.1. The molecule has 1 aliphatic heterocycles. The number of hydrogen-bond donors (Lipinski definition) is 2. The molecule has 1 aliphatic rings. The summed E-state index contributed by atoms with van der Waals surface area (Å²) in [4.78, 5) is 6.49. The van der Waals surface area contributed by atoms with Crippen LogP contribution >= 0.6 is 0 Å². The van der Waals surface area contributed by atoms with Gasteiger partial charge in [0.05, 0.1) is 5.69 Å². The second-order valence-electron chi connectivity index (χ2n) is 4.52. The van der Waals surface area contributed by atoms with E-state index in [9.17, 15) is 4.39 Å². The number of pyridine rings is 1. The molecule has 0 saturated carbocycles. The van der Waals surface area contributed by atoms with Crippen LogP contribution in [0.5, 0.6) is 0 Å². The Morgan fingerprint density at radius 1 is 1.26 bits per heavy atom. The van der Waals surface area contributed by atoms with E-state index in [1.807, 2.05) is 12.1 Å². The highest BCUT2D eigenvalue weighted by molar-refractivity contribution is 5.72. The molecule has 3 N–H and O–H groups in total. The van der Waals surface area contributed by atoms with E-state index in [1.165, 1.54) is 12.1 Å². The van der Waals surface area contributed by atoms with E-state index in [1.54, 1.807) is 18.3 Å². The van der Waals surface area contributed by atoms with Crippen LogP contribution in [0, 0.1) is 5.82 Å². The van der Waals surface area contributed by atoms with Crippen molar-refractivity contribution in [1.29, 1.82) is 0 Å². The number of halogens is 1. The fraction of sp³-hybridized carbons (Fsp3) is 0.214. The SMILES string of the molecule is NCC1Nc2cccnc2N1Cc1ccc(F)cc1. The third-order valence-corrected chi connectivity index (χ3v) is 3.25. The molecule has 4 nitrogen and oxygen atoms in total. The van der Waals surface area contributed by atoms with Gasteiger partial charge in [-0.25, -0.2) is 9.37 Å². The highest BCUT2D eigenvalue weighted by Crippen LogP contribution is 2.32. The standard InChI is InChI=1S/C14H15FN4/c15-11-5-3-10(4-6-11)9-19-13(8-16)18-12-2-1-7-17-14(12)19/h1-7,13,18H,8-9,16H2. The van der Waals surface area contributed by atoms with Crippen molar-refractivity contribution in [1.82, 2.24) is 4.98 Å². The number of nitrogens with two attached hydrogens (primary N) is 1. The van der Waals surface area contributed by atoms with Crippen LogP contribution in [0.1, 0.15) is 5.56 Å². The molecule has 0 bridgehead atoms. The van der Waals surface area contributed by atoms with Crippen LogP contribution in [-0.2, 0) is 6.54 Å². The summed E-state index contributed by atoms with van der Waals surface area (Å²) in [6.45, 7) is 1.14. The van der Waals surface area contributed by atoms with Gasteiger partial charge in [-0.15, -0.1) is 0 Å². The lowest BCUT2D eigenvalue weighted by molar-refractivity contribution is 0.625. The van der Waals surface area contributed by atoms with E-state index < -0.39 is 0 Å². The number of aromatic nitrogens is 1. The first-order valence-electron chi connectivity index (χ1n) is 6.20. The van der Waals surface area contributed by atoms with Gasteiger partial charge in [-0.3, -0.25) is 0 Å². The Balaban J connectivity index is 1.88. The predicted molar refractivity (Wildman–Crippen MR) is 73.3 cm³/mol. The summed E-state index contributed by atoms with van der Waals surface area (Å²) < 4.78 is 12.9. The monoisotopic (exact) mass is 258 g/mol. The van der Waals surface area contributed by atoms with E-state index in [4.69, 9.17) is 5.73 Å². The highest BCUT2D eigenvalue weighted by Gasteiger charge is 2.28. The Bertz CT molecular complexity index is 570. The van der Waals surface area contributed by atoms with Crippen molar-refractivity contribution in [2.45, 2.75) is 12.7 Å². The molecule has 1 atom stereocenters. The molecule has 0 amide bonds. The van der Waals surface area contributed by atoms with Gasteiger partial charge in [0, 0.05) is 19.3 Å². The van der Waals surface area contributed by atoms with Crippen LogP contribution in [0.3, 0.4) is 0 Å². The number of fused-ring (bicyclic) bond motifs is 1. The molecule has 0 spiro atoms. The van der Waals surface area contributed by atoms with Crippen LogP contribution in [0.2, 0.25) is 0 Å². The van der Waals surface area contributed by atoms with Gasteiger partial charge in [0.1, 0.15) is 12.0 Å². The zero-order valence-corrected chi connectivity index (χ0v) is 10.4. The molecule has 1 aromatic heterocycles. The van der Waals surface area contributed by atoms with Gasteiger partial charge in [-0.05, 0) is 29.8 Å². The quantitative estimate of drug-likeness (QED) is 0.883. The normalized spacial score (nSPS) is 17.2. The smallest absolute Gasteiger partial charge is 0.153 e. The van der Waals surface area contributed by atoms with E-state index in [2.05, 4.69) is 15.2 Å². The molecule has 5 heteroatoms. The molecule has 3 rings (SSSR count). The predicted octanol–water partition coefficient (Wildman–Crippen LogP) is 1.94. The summed E-state index contributed by atoms with van der Waals surface area (Å²) in [5, 5.41) is 3.33. The lowest BCUT2D eigenvalue weighted by atomic mass is 10.2. The Hall–Kier alpha value is -2.14. The summed E-state index contributed by atoms with van der Waals surface area (Å²) in [7, 11) is 0. The first-order valence-corrected chi connectivity index (χ1v) is 6.20. The fourth-order valence-corrected chi connectivity index (χ4v) is 2.30. The van der Waals surface area contributed by atoms with Crippen molar-refractivity contribution in [3.8, 4) is 0 Å². The number of nitrogens with zero attached hydrogens (tertiary/aromatic N) is 2. The molecular weight excluding hydrogens is 243 g/mol. The number of rotatable bonds is 3. The molecule has 1 unspecified atom stereocenters. The van der Waals surface area contributed by atoms with Crippen molar-refractivity contribution in [3.05, 3.63) is 54.0 Å². The summed E-state index contributed by atoms with van der Waals surface area (Å²) in [5.41, 5.74) is 7.80. The second kappa shape index (κ2) is 4.85. The Morgan fingerprint density at radius 3 is 2.79 bits per heavy atom. The molecule has 2 heterocycles. The van der Waals surface area contributed by atoms with E-state index in [0.29, 0.717) is 13.1 Å². The summed E-state index contributed by atoms with van der Waals surface area (Å²) in [6.07, 6.45) is 1.78. The first kappa shape index (κ1) is 11.9. The summed E-state index contributed by atoms with van der Waals surface area (Å²) in [6, 6.07) is 10.4. The van der Waals surface area contributed by atoms with E-state index in [-0.39, 0.29) is 12.0 Å². The Labute approximate surface area is 111 Å². The minimum absolute atomic E-state index is 0.0231. The van der Waals surface area contributed by atoms with Gasteiger partial charge in [-0.1, -0.05) is 12.1 Å². The molecule has 98 valence electrons. The number of nitrogens with one attached hydrogen (secondary N) is 1. The van der Waals surface area contributed by atoms with Crippen molar-refractivity contribution >= 4 is 11.5 Å². The van der Waals surface area contributed by atoms with Crippen LogP contribution in [0.25, 0.3) is 0 Å². The number of hydrogen-bond acceptors (Lipinski definition) is 4. The maximum Gasteiger partial charge on any atom is 0.153 e. The summed E-state index contributed by atoms with van der Waals surface area (Å²) in [5.74, 6) is 0.666. The lowest BCUT2D eigenvalue weighted by Gasteiger charge is -2.24. The van der Waals surface area contributed by atoms with E-state index in [0.717, 1.165) is 17.1 Å². The third kappa shape index (κ3) is 2.24. The second-order valence-corrected chi connectivity index (χ2v) is 4.52. The number of anilines is 2. The van der Waals surface area contributed by atoms with Crippen molar-refractivity contribution in [2.24, 2.45) is 5.73 Å². The zero-order chi connectivity index (χ0) is 13.2. The van der Waals surface area contributed by atoms with Crippen LogP contribution in [0.15, 0.2) is 42.6 Å². The molecule has 0 aliphatic carbocycles. The average Bonchev–Trinajstić information content (AvgIpc) is 2.79. The van der Waals surface area contributed by atoms with Crippen LogP contribution < -0.4 is 16.0 Å². The molecule has 1 aromatic carbocycles. The maximum absolute atomic E-state index is 12.9. The van der Waals surface area contributed by atoms with Gasteiger partial charge in [0.2, 0.25) is 0 Å². The third-order valence-electron chi connectivity index (χ3n) is 3.25. The van der Waals surface area contributed by atoms with E-state index >= 15 is 0 Å². The largest absolute Gasteiger partial charge is 0.361 e. The first-order chi connectivity index (χ1) is 9.28. The molecule has 0 saturated heterocycles. The van der Waals surface area contributed by atoms with Gasteiger partial charge >= 0.3 is 0 Å². The Kier molecular flexibility index (Phi) is 3.05. The Morgan fingerprint density at radius 2 is 2.05 bits per heavy atom. The minimum Gasteiger partial charge on any atom is -0.361 e. The molecule has 0 fully saturated rings. The average molecular weight is 258 g/mol. The molecule has 19 heavy (non-hydrogen) atoms. The van der Waals surface area contributed by atoms with Crippen LogP contribution in [0.4, 0.5) is 15.9 Å². The van der Waals surface area contributed by atoms with Gasteiger partial charge in [0.25, 0.3) is 0 Å². The molecular formula is C14H15FN4. The molecule has 0 radical (unpaired) electrons. The summed E-state index contributed by atoms with van der Waals surface area (Å²) >= 11 is 0. The topological polar surface area (TPSA) is 54.2 Å². The zero-order valence-electron chi connectivity index (χ0n) is 10.4. The van der Waals surface area contributed by atoms with Gasteiger partial charge in [0.15, 0.2) is 5.82 Å². The van der Waals surface area contributed by atoms with Gasteiger partial charge in [-0.2, -0.15) is 0 Å². The van der Waals surface area contributed by atoms with Crippen LogP contribution in [-0.4, -0.2) is 17.7 Å².